The van der Waals surface area contributed by atoms with Crippen molar-refractivity contribution in [3.05, 3.63) is 64.7 Å². The lowest BCUT2D eigenvalue weighted by Crippen LogP contribution is -2.25. The Kier molecular flexibility index (Phi) is 9.24. The highest BCUT2D eigenvalue weighted by Gasteiger charge is 2.30. The van der Waals surface area contributed by atoms with Gasteiger partial charge < -0.3 is 10.6 Å². The number of benzene rings is 2. The number of anilines is 2. The number of unbranched alkanes of at least 4 members (excludes halogenated alkanes) is 1. The zero-order valence-corrected chi connectivity index (χ0v) is 20.1. The minimum atomic E-state index is -4.52. The summed E-state index contributed by atoms with van der Waals surface area (Å²) in [6.07, 6.45) is 0.226. The molecule has 6 nitrogen and oxygen atoms in total. The summed E-state index contributed by atoms with van der Waals surface area (Å²) in [4.78, 5) is 12.3. The number of nitrogens with one attached hydrogen (secondary N) is 3. The molecule has 1 atom stereocenters. The number of amides is 1. The molecule has 1 amide bonds. The molecule has 0 spiro atoms. The molecule has 0 radical (unpaired) electrons. The Hall–Kier alpha value is -3.15. The van der Waals surface area contributed by atoms with Crippen LogP contribution in [0.2, 0.25) is 0 Å². The van der Waals surface area contributed by atoms with E-state index in [0.717, 1.165) is 49.4 Å². The lowest BCUT2D eigenvalue weighted by molar-refractivity contribution is -0.137. The third-order valence-electron chi connectivity index (χ3n) is 4.85. The standard InChI is InChI=1S/C23H26F5N3O3S/c1-4-5-10-29-20-13-17(23(26,27)28)8-6-15(20)7-9-21(32)30-14(2)16-11-18(24)22(19(25)12-16)31-35(3,33)34/h6-9,11-14,29,31H,4-5,10H2,1-3H3,(H,30,32). The van der Waals surface area contributed by atoms with Gasteiger partial charge in [0.1, 0.15) is 5.69 Å². The van der Waals surface area contributed by atoms with Gasteiger partial charge in [-0.05, 0) is 54.8 Å². The number of hydrogen-bond donors (Lipinski definition) is 3. The summed E-state index contributed by atoms with van der Waals surface area (Å²) >= 11 is 0. The Morgan fingerprint density at radius 1 is 1.11 bits per heavy atom. The number of rotatable bonds is 10. The summed E-state index contributed by atoms with van der Waals surface area (Å²) < 4.78 is 91.9. The van der Waals surface area contributed by atoms with Crippen molar-refractivity contribution in [3.8, 4) is 0 Å². The fourth-order valence-electron chi connectivity index (χ4n) is 3.07. The number of carbonyl (C=O) groups is 1. The van der Waals surface area contributed by atoms with Gasteiger partial charge in [-0.25, -0.2) is 17.2 Å². The summed E-state index contributed by atoms with van der Waals surface area (Å²) in [5.41, 5.74) is -1.06. The van der Waals surface area contributed by atoms with Gasteiger partial charge in [0.05, 0.1) is 17.9 Å². The van der Waals surface area contributed by atoms with Crippen LogP contribution in [0.5, 0.6) is 0 Å². The lowest BCUT2D eigenvalue weighted by atomic mass is 10.1. The van der Waals surface area contributed by atoms with Gasteiger partial charge in [0.15, 0.2) is 11.6 Å². The molecule has 2 aromatic carbocycles. The summed E-state index contributed by atoms with van der Waals surface area (Å²) in [6.45, 7) is 3.84. The second-order valence-electron chi connectivity index (χ2n) is 7.88. The first-order chi connectivity index (χ1) is 16.2. The van der Waals surface area contributed by atoms with E-state index >= 15 is 0 Å². The average molecular weight is 520 g/mol. The monoisotopic (exact) mass is 519 g/mol. The predicted octanol–water partition coefficient (Wildman–Crippen LogP) is 5.46. The molecular formula is C23H26F5N3O3S. The Morgan fingerprint density at radius 3 is 2.29 bits per heavy atom. The van der Waals surface area contributed by atoms with Gasteiger partial charge >= 0.3 is 6.18 Å². The highest BCUT2D eigenvalue weighted by molar-refractivity contribution is 7.92. The average Bonchev–Trinajstić information content (AvgIpc) is 2.74. The fourth-order valence-corrected chi connectivity index (χ4v) is 3.63. The molecular weight excluding hydrogens is 493 g/mol. The molecule has 2 rings (SSSR count). The zero-order valence-electron chi connectivity index (χ0n) is 19.3. The third-order valence-corrected chi connectivity index (χ3v) is 5.43. The third kappa shape index (κ3) is 8.53. The Bertz CT molecular complexity index is 1170. The van der Waals surface area contributed by atoms with Crippen LogP contribution in [0.15, 0.2) is 36.4 Å². The van der Waals surface area contributed by atoms with E-state index in [-0.39, 0.29) is 11.3 Å². The molecule has 3 N–H and O–H groups in total. The normalized spacial score (nSPS) is 13.0. The lowest BCUT2D eigenvalue weighted by Gasteiger charge is -2.16. The number of carbonyl (C=O) groups excluding carboxylic acids is 1. The van der Waals surface area contributed by atoms with Crippen LogP contribution in [0.4, 0.5) is 33.3 Å². The van der Waals surface area contributed by atoms with E-state index < -0.39 is 51.0 Å². The van der Waals surface area contributed by atoms with Crippen LogP contribution in [-0.2, 0) is 21.0 Å². The first-order valence-electron chi connectivity index (χ1n) is 10.6. The maximum absolute atomic E-state index is 14.2. The van der Waals surface area contributed by atoms with Gasteiger partial charge in [-0.15, -0.1) is 0 Å². The van der Waals surface area contributed by atoms with Crippen LogP contribution in [0.1, 0.15) is 49.4 Å². The predicted molar refractivity (Wildman–Crippen MR) is 125 cm³/mol. The highest BCUT2D eigenvalue weighted by Crippen LogP contribution is 2.32. The van der Waals surface area contributed by atoms with Crippen molar-refractivity contribution in [2.75, 3.05) is 22.8 Å². The summed E-state index contributed by atoms with van der Waals surface area (Å²) in [5.74, 6) is -2.97. The second-order valence-corrected chi connectivity index (χ2v) is 9.63. The van der Waals surface area contributed by atoms with E-state index in [1.54, 1.807) is 4.72 Å². The summed E-state index contributed by atoms with van der Waals surface area (Å²) in [5, 5.41) is 5.43. The van der Waals surface area contributed by atoms with Crippen molar-refractivity contribution in [2.45, 2.75) is 38.9 Å². The fraction of sp³-hybridized carbons (Fsp3) is 0.348. The van der Waals surface area contributed by atoms with Crippen LogP contribution in [-0.4, -0.2) is 27.1 Å². The first kappa shape index (κ1) is 28.1. The SMILES string of the molecule is CCCCNc1cc(C(F)(F)F)ccc1C=CC(=O)NC(C)c1cc(F)c(NS(C)(=O)=O)c(F)c1. The molecule has 0 saturated carbocycles. The minimum Gasteiger partial charge on any atom is -0.385 e. The van der Waals surface area contributed by atoms with Gasteiger partial charge in [-0.2, -0.15) is 13.2 Å². The quantitative estimate of drug-likeness (QED) is 0.221. The first-order valence-corrected chi connectivity index (χ1v) is 12.5. The summed E-state index contributed by atoms with van der Waals surface area (Å²) in [7, 11) is -3.91. The molecule has 1 unspecified atom stereocenters. The number of alkyl halides is 3. The molecule has 192 valence electrons. The molecule has 12 heteroatoms. The molecule has 0 aliphatic rings. The van der Waals surface area contributed by atoms with Gasteiger partial charge in [0, 0.05) is 18.3 Å². The Labute approximate surface area is 200 Å². The van der Waals surface area contributed by atoms with E-state index in [2.05, 4.69) is 10.6 Å². The topological polar surface area (TPSA) is 87.3 Å². The van der Waals surface area contributed by atoms with E-state index in [0.29, 0.717) is 12.1 Å². The van der Waals surface area contributed by atoms with Crippen LogP contribution in [0.25, 0.3) is 6.08 Å². The largest absolute Gasteiger partial charge is 0.416 e. The number of hydrogen-bond acceptors (Lipinski definition) is 4. The van der Waals surface area contributed by atoms with Crippen molar-refractivity contribution < 1.29 is 35.2 Å². The second kappa shape index (κ2) is 11.5. The van der Waals surface area contributed by atoms with E-state index in [9.17, 15) is 35.2 Å². The van der Waals surface area contributed by atoms with E-state index in [1.807, 2.05) is 6.92 Å². The summed E-state index contributed by atoms with van der Waals surface area (Å²) in [6, 6.07) is 4.02. The molecule has 0 saturated heterocycles. The smallest absolute Gasteiger partial charge is 0.385 e. The van der Waals surface area contributed by atoms with Crippen LogP contribution in [0, 0.1) is 11.6 Å². The van der Waals surface area contributed by atoms with Crippen molar-refractivity contribution in [1.82, 2.24) is 5.32 Å². The molecule has 0 aromatic heterocycles. The Balaban J connectivity index is 2.18. The van der Waals surface area contributed by atoms with Crippen molar-refractivity contribution in [1.29, 1.82) is 0 Å². The van der Waals surface area contributed by atoms with Crippen molar-refractivity contribution in [3.63, 3.8) is 0 Å². The van der Waals surface area contributed by atoms with Crippen LogP contribution >= 0.6 is 0 Å². The van der Waals surface area contributed by atoms with E-state index in [1.165, 1.54) is 19.1 Å². The van der Waals surface area contributed by atoms with Crippen LogP contribution in [0.3, 0.4) is 0 Å². The maximum atomic E-state index is 14.2. The molecule has 2 aromatic rings. The van der Waals surface area contributed by atoms with Gasteiger partial charge in [-0.1, -0.05) is 19.4 Å². The van der Waals surface area contributed by atoms with Crippen molar-refractivity contribution >= 4 is 33.4 Å². The minimum absolute atomic E-state index is 0.0391. The molecule has 0 heterocycles. The molecule has 0 bridgehead atoms. The Morgan fingerprint density at radius 2 is 1.74 bits per heavy atom. The molecule has 0 aliphatic carbocycles. The van der Waals surface area contributed by atoms with Gasteiger partial charge in [-0.3, -0.25) is 9.52 Å². The van der Waals surface area contributed by atoms with Gasteiger partial charge in [0.25, 0.3) is 0 Å². The number of halogens is 5. The maximum Gasteiger partial charge on any atom is 0.416 e. The zero-order chi connectivity index (χ0) is 26.4. The molecule has 35 heavy (non-hydrogen) atoms. The van der Waals surface area contributed by atoms with Gasteiger partial charge in [0.2, 0.25) is 15.9 Å². The van der Waals surface area contributed by atoms with Crippen molar-refractivity contribution in [2.24, 2.45) is 0 Å². The van der Waals surface area contributed by atoms with Crippen LogP contribution < -0.4 is 15.4 Å². The molecule has 0 aliphatic heterocycles. The highest BCUT2D eigenvalue weighted by atomic mass is 32.2. The van der Waals surface area contributed by atoms with E-state index in [4.69, 9.17) is 0 Å². The molecule has 0 fully saturated rings. The number of sulfonamides is 1.